The molecule has 94 valence electrons. The average Bonchev–Trinajstić information content (AvgIpc) is 2.81. The number of hydrogen-bond donors (Lipinski definition) is 1. The molecule has 18 heavy (non-hydrogen) atoms. The number of nitrogens with zero attached hydrogens (tertiary/aromatic N) is 2. The first-order valence-corrected chi connectivity index (χ1v) is 5.98. The third-order valence-corrected chi connectivity index (χ3v) is 3.02. The van der Waals surface area contributed by atoms with E-state index in [0.717, 1.165) is 11.4 Å². The standard InChI is InChI=1S/C14H17N3O/c1-17-10-9-16-13(17)8-7-12(18)14(15)11-5-3-2-4-6-11/h2-6,9-10,14H,7-8,15H2,1H3/t14-/m1/s1. The zero-order chi connectivity index (χ0) is 13.0. The topological polar surface area (TPSA) is 60.9 Å². The molecule has 2 aromatic rings. The number of nitrogens with two attached hydrogens (primary N) is 1. The van der Waals surface area contributed by atoms with Gasteiger partial charge in [-0.1, -0.05) is 30.3 Å². The molecule has 1 atom stereocenters. The fourth-order valence-corrected chi connectivity index (χ4v) is 1.87. The van der Waals surface area contributed by atoms with Crippen molar-refractivity contribution in [2.45, 2.75) is 18.9 Å². The summed E-state index contributed by atoms with van der Waals surface area (Å²) in [5, 5.41) is 0. The molecular formula is C14H17N3O. The molecule has 0 spiro atoms. The zero-order valence-corrected chi connectivity index (χ0v) is 10.4. The molecule has 1 aromatic heterocycles. The minimum absolute atomic E-state index is 0.0456. The van der Waals surface area contributed by atoms with Crippen molar-refractivity contribution < 1.29 is 4.79 Å². The maximum Gasteiger partial charge on any atom is 0.154 e. The summed E-state index contributed by atoms with van der Waals surface area (Å²) in [5.74, 6) is 0.952. The van der Waals surface area contributed by atoms with Gasteiger partial charge in [-0.2, -0.15) is 0 Å². The lowest BCUT2D eigenvalue weighted by molar-refractivity contribution is -0.120. The van der Waals surface area contributed by atoms with Crippen LogP contribution < -0.4 is 5.73 Å². The van der Waals surface area contributed by atoms with Crippen LogP contribution in [0.4, 0.5) is 0 Å². The van der Waals surface area contributed by atoms with Gasteiger partial charge in [-0.15, -0.1) is 0 Å². The molecule has 1 heterocycles. The predicted molar refractivity (Wildman–Crippen MR) is 69.9 cm³/mol. The Balaban J connectivity index is 1.95. The molecule has 4 nitrogen and oxygen atoms in total. The number of carbonyl (C=O) groups is 1. The Morgan fingerprint density at radius 3 is 2.72 bits per heavy atom. The van der Waals surface area contributed by atoms with Crippen LogP contribution in [0, 0.1) is 0 Å². The third kappa shape index (κ3) is 2.84. The van der Waals surface area contributed by atoms with E-state index in [9.17, 15) is 4.79 Å². The number of ketones is 1. The van der Waals surface area contributed by atoms with Crippen molar-refractivity contribution in [3.05, 3.63) is 54.1 Å². The number of aryl methyl sites for hydroxylation is 2. The van der Waals surface area contributed by atoms with Crippen LogP contribution in [0.3, 0.4) is 0 Å². The van der Waals surface area contributed by atoms with E-state index in [1.165, 1.54) is 0 Å². The zero-order valence-electron chi connectivity index (χ0n) is 10.4. The van der Waals surface area contributed by atoms with Gasteiger partial charge in [0.15, 0.2) is 5.78 Å². The normalized spacial score (nSPS) is 12.3. The smallest absolute Gasteiger partial charge is 0.154 e. The summed E-state index contributed by atoms with van der Waals surface area (Å²) < 4.78 is 1.92. The number of imidazole rings is 1. The highest BCUT2D eigenvalue weighted by molar-refractivity contribution is 5.85. The Morgan fingerprint density at radius 1 is 1.39 bits per heavy atom. The van der Waals surface area contributed by atoms with E-state index < -0.39 is 6.04 Å². The van der Waals surface area contributed by atoms with Crippen LogP contribution in [0.1, 0.15) is 23.9 Å². The molecule has 0 unspecified atom stereocenters. The first-order chi connectivity index (χ1) is 8.68. The molecule has 0 saturated carbocycles. The number of hydrogen-bond acceptors (Lipinski definition) is 3. The second-order valence-electron chi connectivity index (χ2n) is 4.31. The number of aromatic nitrogens is 2. The maximum atomic E-state index is 12.0. The molecule has 0 aliphatic carbocycles. The van der Waals surface area contributed by atoms with Gasteiger partial charge in [0.2, 0.25) is 0 Å². The van der Waals surface area contributed by atoms with Gasteiger partial charge in [-0.05, 0) is 5.56 Å². The third-order valence-electron chi connectivity index (χ3n) is 3.02. The van der Waals surface area contributed by atoms with Crippen LogP contribution in [0.15, 0.2) is 42.7 Å². The van der Waals surface area contributed by atoms with E-state index in [-0.39, 0.29) is 5.78 Å². The van der Waals surface area contributed by atoms with E-state index in [1.807, 2.05) is 48.1 Å². The maximum absolute atomic E-state index is 12.0. The molecule has 1 aromatic carbocycles. The second kappa shape index (κ2) is 5.60. The number of benzene rings is 1. The summed E-state index contributed by atoms with van der Waals surface area (Å²) in [6.07, 6.45) is 4.65. The summed E-state index contributed by atoms with van der Waals surface area (Å²) in [6.45, 7) is 0. The van der Waals surface area contributed by atoms with E-state index in [0.29, 0.717) is 12.8 Å². The number of carbonyl (C=O) groups excluding carboxylic acids is 1. The van der Waals surface area contributed by atoms with Gasteiger partial charge in [0.05, 0.1) is 6.04 Å². The van der Waals surface area contributed by atoms with Gasteiger partial charge in [-0.25, -0.2) is 4.98 Å². The lowest BCUT2D eigenvalue weighted by atomic mass is 10.0. The van der Waals surface area contributed by atoms with E-state index in [1.54, 1.807) is 6.20 Å². The minimum Gasteiger partial charge on any atom is -0.338 e. The van der Waals surface area contributed by atoms with Crippen molar-refractivity contribution >= 4 is 5.78 Å². The van der Waals surface area contributed by atoms with Crippen LogP contribution in [0.5, 0.6) is 0 Å². The van der Waals surface area contributed by atoms with Crippen LogP contribution in [-0.4, -0.2) is 15.3 Å². The van der Waals surface area contributed by atoms with E-state index in [2.05, 4.69) is 4.98 Å². The minimum atomic E-state index is -0.536. The molecule has 0 radical (unpaired) electrons. The quantitative estimate of drug-likeness (QED) is 0.868. The summed E-state index contributed by atoms with van der Waals surface area (Å²) >= 11 is 0. The van der Waals surface area contributed by atoms with Crippen molar-refractivity contribution in [1.29, 1.82) is 0 Å². The van der Waals surface area contributed by atoms with Crippen molar-refractivity contribution in [2.75, 3.05) is 0 Å². The summed E-state index contributed by atoms with van der Waals surface area (Å²) in [6, 6.07) is 8.91. The van der Waals surface area contributed by atoms with Gasteiger partial charge < -0.3 is 10.3 Å². The highest BCUT2D eigenvalue weighted by Crippen LogP contribution is 2.13. The summed E-state index contributed by atoms with van der Waals surface area (Å²) in [7, 11) is 1.92. The fourth-order valence-electron chi connectivity index (χ4n) is 1.87. The van der Waals surface area contributed by atoms with Crippen molar-refractivity contribution in [2.24, 2.45) is 12.8 Å². The molecule has 0 aliphatic rings. The molecule has 0 aliphatic heterocycles. The lowest BCUT2D eigenvalue weighted by Gasteiger charge is -2.10. The SMILES string of the molecule is Cn1ccnc1CCC(=O)[C@H](N)c1ccccc1. The van der Waals surface area contributed by atoms with Gasteiger partial charge in [0.1, 0.15) is 5.82 Å². The Labute approximate surface area is 106 Å². The molecule has 0 bridgehead atoms. The highest BCUT2D eigenvalue weighted by Gasteiger charge is 2.15. The average molecular weight is 243 g/mol. The number of Topliss-reactive ketones (excluding diaryl/α,β-unsaturated/α-hetero) is 1. The summed E-state index contributed by atoms with van der Waals surface area (Å²) in [5.41, 5.74) is 6.80. The Morgan fingerprint density at radius 2 is 2.11 bits per heavy atom. The van der Waals surface area contributed by atoms with Gasteiger partial charge >= 0.3 is 0 Å². The van der Waals surface area contributed by atoms with Crippen molar-refractivity contribution in [3.63, 3.8) is 0 Å². The monoisotopic (exact) mass is 243 g/mol. The molecule has 2 rings (SSSR count). The Bertz CT molecular complexity index is 519. The molecule has 2 N–H and O–H groups in total. The van der Waals surface area contributed by atoms with Crippen LogP contribution >= 0.6 is 0 Å². The van der Waals surface area contributed by atoms with Crippen LogP contribution in [0.2, 0.25) is 0 Å². The summed E-state index contributed by atoms with van der Waals surface area (Å²) in [4.78, 5) is 16.2. The lowest BCUT2D eigenvalue weighted by Crippen LogP contribution is -2.22. The van der Waals surface area contributed by atoms with E-state index >= 15 is 0 Å². The number of rotatable bonds is 5. The van der Waals surface area contributed by atoms with Crippen LogP contribution in [-0.2, 0) is 18.3 Å². The largest absolute Gasteiger partial charge is 0.338 e. The predicted octanol–water partition coefficient (Wildman–Crippen LogP) is 1.62. The molecule has 0 amide bonds. The first kappa shape index (κ1) is 12.5. The molecule has 4 heteroatoms. The fraction of sp³-hybridized carbons (Fsp3) is 0.286. The first-order valence-electron chi connectivity index (χ1n) is 5.98. The Hall–Kier alpha value is -1.94. The van der Waals surface area contributed by atoms with Gasteiger partial charge in [-0.3, -0.25) is 4.79 Å². The van der Waals surface area contributed by atoms with Crippen molar-refractivity contribution in [3.8, 4) is 0 Å². The molecule has 0 saturated heterocycles. The molecular weight excluding hydrogens is 226 g/mol. The van der Waals surface area contributed by atoms with E-state index in [4.69, 9.17) is 5.73 Å². The van der Waals surface area contributed by atoms with Crippen molar-refractivity contribution in [1.82, 2.24) is 9.55 Å². The van der Waals surface area contributed by atoms with Crippen LogP contribution in [0.25, 0.3) is 0 Å². The molecule has 0 fully saturated rings. The highest BCUT2D eigenvalue weighted by atomic mass is 16.1. The van der Waals surface area contributed by atoms with Gasteiger partial charge in [0, 0.05) is 32.3 Å². The second-order valence-corrected chi connectivity index (χ2v) is 4.31. The Kier molecular flexibility index (Phi) is 3.89. The van der Waals surface area contributed by atoms with Gasteiger partial charge in [0.25, 0.3) is 0 Å².